The van der Waals surface area contributed by atoms with Gasteiger partial charge in [0.2, 0.25) is 0 Å². The minimum absolute atomic E-state index is 0.0481. The molecule has 0 aliphatic heterocycles. The van der Waals surface area contributed by atoms with Crippen LogP contribution in [-0.4, -0.2) is 25.9 Å². The summed E-state index contributed by atoms with van der Waals surface area (Å²) in [7, 11) is -9.41. The molecule has 0 amide bonds. The van der Waals surface area contributed by atoms with Gasteiger partial charge in [-0.05, 0) is 55.1 Å². The number of aryl methyl sites for hydroxylation is 2. The zero-order valence-electron chi connectivity index (χ0n) is 14.9. The van der Waals surface area contributed by atoms with E-state index in [0.29, 0.717) is 17.4 Å². The molecule has 0 heterocycles. The van der Waals surface area contributed by atoms with Crippen LogP contribution in [0.4, 0.5) is 11.4 Å². The molecule has 0 spiro atoms. The summed E-state index contributed by atoms with van der Waals surface area (Å²) in [6, 6.07) is 11.7. The maximum atomic E-state index is 11.7. The van der Waals surface area contributed by atoms with Gasteiger partial charge in [0.15, 0.2) is 0 Å². The van der Waals surface area contributed by atoms with Crippen LogP contribution in [0.2, 0.25) is 0 Å². The van der Waals surface area contributed by atoms with Crippen molar-refractivity contribution in [2.24, 2.45) is 10.2 Å². The predicted octanol–water partition coefficient (Wildman–Crippen LogP) is 4.37. The predicted molar refractivity (Wildman–Crippen MR) is 104 cm³/mol. The fourth-order valence-electron chi connectivity index (χ4n) is 2.74. The van der Waals surface area contributed by atoms with Gasteiger partial charge < -0.3 is 0 Å². The van der Waals surface area contributed by atoms with Crippen LogP contribution >= 0.6 is 0 Å². The molecule has 3 aromatic rings. The number of hydrogen-bond acceptors (Lipinski definition) is 6. The quantitative estimate of drug-likeness (QED) is 0.476. The molecule has 0 atom stereocenters. The Labute approximate surface area is 162 Å². The molecule has 2 N–H and O–H groups in total. The molecule has 8 nitrogen and oxygen atoms in total. The maximum absolute atomic E-state index is 11.7. The molecule has 0 saturated heterocycles. The monoisotopic (exact) mass is 420 g/mol. The van der Waals surface area contributed by atoms with Crippen LogP contribution in [0.25, 0.3) is 10.8 Å². The van der Waals surface area contributed by atoms with Crippen molar-refractivity contribution in [1.82, 2.24) is 0 Å². The summed E-state index contributed by atoms with van der Waals surface area (Å²) in [5.74, 6) is 0. The van der Waals surface area contributed by atoms with Gasteiger partial charge in [-0.1, -0.05) is 23.8 Å². The Kier molecular flexibility index (Phi) is 5.06. The average Bonchev–Trinajstić information content (AvgIpc) is 2.58. The van der Waals surface area contributed by atoms with E-state index in [9.17, 15) is 25.9 Å². The largest absolute Gasteiger partial charge is 0.295 e. The minimum Gasteiger partial charge on any atom is -0.282 e. The molecule has 0 aromatic heterocycles. The van der Waals surface area contributed by atoms with Gasteiger partial charge in [0.25, 0.3) is 20.2 Å². The lowest BCUT2D eigenvalue weighted by Gasteiger charge is -2.07. The number of nitrogens with zero attached hydrogens (tertiary/aromatic N) is 2. The Balaban J connectivity index is 2.16. The smallest absolute Gasteiger partial charge is 0.282 e. The number of azo groups is 1. The van der Waals surface area contributed by atoms with Gasteiger partial charge in [-0.3, -0.25) is 9.11 Å². The summed E-state index contributed by atoms with van der Waals surface area (Å²) in [6.45, 7) is 3.84. The highest BCUT2D eigenvalue weighted by Gasteiger charge is 2.20. The lowest BCUT2D eigenvalue weighted by molar-refractivity contribution is 0.482. The van der Waals surface area contributed by atoms with Gasteiger partial charge in [-0.25, -0.2) is 0 Å². The molecule has 0 bridgehead atoms. The van der Waals surface area contributed by atoms with E-state index in [-0.39, 0.29) is 10.8 Å². The second-order valence-electron chi connectivity index (χ2n) is 6.27. The molecular formula is C18H16N2O6S2. The summed E-state index contributed by atoms with van der Waals surface area (Å²) in [4.78, 5) is -1.29. The van der Waals surface area contributed by atoms with Crippen molar-refractivity contribution >= 4 is 42.4 Å². The lowest BCUT2D eigenvalue weighted by Crippen LogP contribution is -2.04. The summed E-state index contributed by atoms with van der Waals surface area (Å²) in [5, 5.41) is 8.48. The van der Waals surface area contributed by atoms with E-state index in [1.165, 1.54) is 18.2 Å². The fourth-order valence-corrected chi connectivity index (χ4v) is 4.09. The average molecular weight is 420 g/mol. The molecule has 10 heteroatoms. The van der Waals surface area contributed by atoms with Crippen molar-refractivity contribution < 1.29 is 25.9 Å². The number of benzene rings is 3. The van der Waals surface area contributed by atoms with Crippen molar-refractivity contribution in [3.63, 3.8) is 0 Å². The Morgan fingerprint density at radius 1 is 0.786 bits per heavy atom. The van der Waals surface area contributed by atoms with Crippen LogP contribution in [0.3, 0.4) is 0 Å². The Bertz CT molecular complexity index is 1330. The zero-order chi connectivity index (χ0) is 20.7. The summed E-state index contributed by atoms with van der Waals surface area (Å²) in [6.07, 6.45) is 0. The van der Waals surface area contributed by atoms with E-state index in [1.807, 2.05) is 26.0 Å². The summed E-state index contributed by atoms with van der Waals surface area (Å²) >= 11 is 0. The number of hydrogen-bond donors (Lipinski definition) is 2. The van der Waals surface area contributed by atoms with Gasteiger partial charge in [-0.2, -0.15) is 27.1 Å². The zero-order valence-corrected chi connectivity index (χ0v) is 16.5. The first kappa shape index (κ1) is 20.1. The van der Waals surface area contributed by atoms with Crippen LogP contribution < -0.4 is 0 Å². The molecule has 0 radical (unpaired) electrons. The van der Waals surface area contributed by atoms with Gasteiger partial charge in [0.1, 0.15) is 4.90 Å². The summed E-state index contributed by atoms with van der Waals surface area (Å²) in [5.41, 5.74) is 2.94. The van der Waals surface area contributed by atoms with E-state index in [2.05, 4.69) is 10.2 Å². The van der Waals surface area contributed by atoms with E-state index in [0.717, 1.165) is 17.2 Å². The van der Waals surface area contributed by atoms with Gasteiger partial charge in [0, 0.05) is 5.39 Å². The molecule has 0 aliphatic rings. The molecule has 0 fully saturated rings. The Morgan fingerprint density at radius 3 is 2.11 bits per heavy atom. The Hall–Kier alpha value is -2.66. The van der Waals surface area contributed by atoms with Crippen molar-refractivity contribution in [2.45, 2.75) is 23.6 Å². The first-order chi connectivity index (χ1) is 12.9. The Morgan fingerprint density at radius 2 is 1.50 bits per heavy atom. The topological polar surface area (TPSA) is 133 Å². The van der Waals surface area contributed by atoms with Crippen molar-refractivity contribution in [3.8, 4) is 0 Å². The highest BCUT2D eigenvalue weighted by molar-refractivity contribution is 7.86. The van der Waals surface area contributed by atoms with Gasteiger partial charge >= 0.3 is 0 Å². The van der Waals surface area contributed by atoms with E-state index in [1.54, 1.807) is 6.07 Å². The fraction of sp³-hybridized carbons (Fsp3) is 0.111. The summed E-state index contributed by atoms with van der Waals surface area (Å²) < 4.78 is 64.9. The SMILES string of the molecule is Cc1ccc(N=Nc2ccc3cc(S(=O)(=O)O)cc(S(=O)(=O)O)c3c2)c(C)c1. The number of fused-ring (bicyclic) bond motifs is 1. The van der Waals surface area contributed by atoms with E-state index in [4.69, 9.17) is 0 Å². The first-order valence-corrected chi connectivity index (χ1v) is 10.8. The number of rotatable bonds is 4. The molecule has 3 rings (SSSR count). The standard InChI is InChI=1S/C18H16N2O6S2/c1-11-3-6-17(12(2)7-11)20-19-14-5-4-13-8-15(27(21,22)23)10-18(16(13)9-14)28(24,25)26/h3-10H,1-2H3,(H,21,22,23)(H,24,25,26). The molecule has 0 aliphatic carbocycles. The highest BCUT2D eigenvalue weighted by atomic mass is 32.2. The van der Waals surface area contributed by atoms with Crippen LogP contribution in [0.1, 0.15) is 11.1 Å². The molecular weight excluding hydrogens is 404 g/mol. The van der Waals surface area contributed by atoms with Crippen molar-refractivity contribution in [3.05, 3.63) is 59.7 Å². The van der Waals surface area contributed by atoms with Crippen molar-refractivity contribution in [1.29, 1.82) is 0 Å². The normalized spacial score (nSPS) is 12.7. The van der Waals surface area contributed by atoms with Gasteiger partial charge in [-0.15, -0.1) is 0 Å². The lowest BCUT2D eigenvalue weighted by atomic mass is 10.1. The first-order valence-electron chi connectivity index (χ1n) is 7.97. The second-order valence-corrected chi connectivity index (χ2v) is 9.08. The minimum atomic E-state index is -4.76. The maximum Gasteiger partial charge on any atom is 0.295 e. The third-order valence-electron chi connectivity index (χ3n) is 4.07. The molecule has 146 valence electrons. The molecule has 0 unspecified atom stereocenters. The third kappa shape index (κ3) is 4.25. The van der Waals surface area contributed by atoms with Crippen LogP contribution in [0.15, 0.2) is 68.6 Å². The van der Waals surface area contributed by atoms with Crippen LogP contribution in [0.5, 0.6) is 0 Å². The molecule has 28 heavy (non-hydrogen) atoms. The van der Waals surface area contributed by atoms with Crippen LogP contribution in [-0.2, 0) is 20.2 Å². The third-order valence-corrected chi connectivity index (χ3v) is 5.80. The second kappa shape index (κ2) is 7.06. The highest BCUT2D eigenvalue weighted by Crippen LogP contribution is 2.31. The van der Waals surface area contributed by atoms with E-state index < -0.39 is 30.0 Å². The van der Waals surface area contributed by atoms with Crippen molar-refractivity contribution in [2.75, 3.05) is 0 Å². The molecule has 0 saturated carbocycles. The molecule has 3 aromatic carbocycles. The van der Waals surface area contributed by atoms with Gasteiger partial charge in [0.05, 0.1) is 16.3 Å². The van der Waals surface area contributed by atoms with E-state index >= 15 is 0 Å². The van der Waals surface area contributed by atoms with Crippen LogP contribution in [0, 0.1) is 13.8 Å².